The van der Waals surface area contributed by atoms with E-state index in [0.29, 0.717) is 11.3 Å². The molecule has 2 aromatic carbocycles. The highest BCUT2D eigenvalue weighted by atomic mass is 16.6. The van der Waals surface area contributed by atoms with Crippen molar-refractivity contribution in [2.45, 2.75) is 13.0 Å². The summed E-state index contributed by atoms with van der Waals surface area (Å²) < 4.78 is 0. The minimum Gasteiger partial charge on any atom is -0.508 e. The molecule has 0 aliphatic rings. The summed E-state index contributed by atoms with van der Waals surface area (Å²) in [5.41, 5.74) is 0.773. The number of nitrogens with zero attached hydrogens (tertiary/aromatic N) is 1. The molecule has 0 aliphatic carbocycles. The third kappa shape index (κ3) is 2.80. The Hall–Kier alpha value is -2.76. The van der Waals surface area contributed by atoms with Crippen LogP contribution >= 0.6 is 0 Å². The Kier molecular flexibility index (Phi) is 3.74. The molecule has 0 saturated heterocycles. The topological polar surface area (TPSA) is 95.6 Å². The van der Waals surface area contributed by atoms with Gasteiger partial charge in [-0.05, 0) is 31.2 Å². The van der Waals surface area contributed by atoms with E-state index in [1.165, 1.54) is 24.3 Å². The van der Waals surface area contributed by atoms with Crippen molar-refractivity contribution >= 4 is 11.4 Å². The van der Waals surface area contributed by atoms with Gasteiger partial charge in [-0.2, -0.15) is 0 Å². The van der Waals surface area contributed by atoms with Crippen LogP contribution in [0.3, 0.4) is 0 Å². The van der Waals surface area contributed by atoms with E-state index in [1.54, 1.807) is 25.1 Å². The van der Waals surface area contributed by atoms with Gasteiger partial charge in [0.1, 0.15) is 17.2 Å². The number of nitro groups is 1. The fraction of sp³-hybridized carbons (Fsp3) is 0.143. The van der Waals surface area contributed by atoms with Crippen LogP contribution in [0.5, 0.6) is 11.5 Å². The van der Waals surface area contributed by atoms with E-state index in [0.717, 1.165) is 0 Å². The fourth-order valence-corrected chi connectivity index (χ4v) is 1.95. The first-order chi connectivity index (χ1) is 9.49. The third-order valence-corrected chi connectivity index (χ3v) is 2.95. The Morgan fingerprint density at radius 3 is 2.60 bits per heavy atom. The van der Waals surface area contributed by atoms with E-state index >= 15 is 0 Å². The van der Waals surface area contributed by atoms with E-state index in [1.807, 2.05) is 0 Å². The molecule has 2 aromatic rings. The van der Waals surface area contributed by atoms with Gasteiger partial charge >= 0.3 is 0 Å². The normalized spacial score (nSPS) is 11.8. The van der Waals surface area contributed by atoms with Crippen molar-refractivity contribution in [1.82, 2.24) is 0 Å². The summed E-state index contributed by atoms with van der Waals surface area (Å²) in [4.78, 5) is 10.5. The fourth-order valence-electron chi connectivity index (χ4n) is 1.95. The van der Waals surface area contributed by atoms with Crippen molar-refractivity contribution in [2.75, 3.05) is 5.32 Å². The predicted octanol–water partition coefficient (Wildman–Crippen LogP) is 3.18. The van der Waals surface area contributed by atoms with Crippen LogP contribution in [-0.2, 0) is 0 Å². The quantitative estimate of drug-likeness (QED) is 0.452. The van der Waals surface area contributed by atoms with Crippen LogP contribution in [0.1, 0.15) is 18.5 Å². The maximum Gasteiger partial charge on any atom is 0.292 e. The van der Waals surface area contributed by atoms with Crippen molar-refractivity contribution in [3.8, 4) is 11.5 Å². The second-order valence-electron chi connectivity index (χ2n) is 4.38. The first-order valence-corrected chi connectivity index (χ1v) is 6.01. The zero-order valence-electron chi connectivity index (χ0n) is 10.8. The van der Waals surface area contributed by atoms with Crippen molar-refractivity contribution in [1.29, 1.82) is 0 Å². The number of para-hydroxylation sites is 2. The average molecular weight is 274 g/mol. The molecule has 0 bridgehead atoms. The van der Waals surface area contributed by atoms with E-state index < -0.39 is 11.0 Å². The first-order valence-electron chi connectivity index (χ1n) is 6.01. The van der Waals surface area contributed by atoms with Gasteiger partial charge in [0, 0.05) is 11.6 Å². The van der Waals surface area contributed by atoms with Crippen molar-refractivity contribution in [3.63, 3.8) is 0 Å². The zero-order chi connectivity index (χ0) is 14.7. The van der Waals surface area contributed by atoms with Crippen LogP contribution in [-0.4, -0.2) is 15.1 Å². The van der Waals surface area contributed by atoms with Gasteiger partial charge < -0.3 is 15.5 Å². The Morgan fingerprint density at radius 2 is 1.90 bits per heavy atom. The van der Waals surface area contributed by atoms with Crippen LogP contribution < -0.4 is 5.32 Å². The van der Waals surface area contributed by atoms with Crippen molar-refractivity contribution in [3.05, 3.63) is 58.1 Å². The lowest BCUT2D eigenvalue weighted by atomic mass is 10.1. The lowest BCUT2D eigenvalue weighted by molar-refractivity contribution is -0.384. The number of phenols is 2. The molecule has 0 aliphatic heterocycles. The van der Waals surface area contributed by atoms with Gasteiger partial charge in [-0.3, -0.25) is 10.1 Å². The molecule has 6 nitrogen and oxygen atoms in total. The molecule has 0 saturated carbocycles. The second-order valence-corrected chi connectivity index (χ2v) is 4.38. The zero-order valence-corrected chi connectivity index (χ0v) is 10.8. The lowest BCUT2D eigenvalue weighted by Crippen LogP contribution is -2.08. The van der Waals surface area contributed by atoms with Crippen molar-refractivity contribution < 1.29 is 15.1 Å². The number of anilines is 1. The molecular formula is C14H14N2O4. The van der Waals surface area contributed by atoms with Crippen molar-refractivity contribution in [2.24, 2.45) is 0 Å². The SMILES string of the molecule is CC(Nc1ccccc1[N+](=O)[O-])c1cc(O)ccc1O. The van der Waals surface area contributed by atoms with Gasteiger partial charge in [0.05, 0.1) is 11.0 Å². The summed E-state index contributed by atoms with van der Waals surface area (Å²) in [5.74, 6) is 0.0374. The minimum atomic E-state index is -0.475. The van der Waals surface area contributed by atoms with Gasteiger partial charge in [-0.1, -0.05) is 12.1 Å². The molecule has 1 unspecified atom stereocenters. The lowest BCUT2D eigenvalue weighted by Gasteiger charge is -2.17. The molecule has 0 fully saturated rings. The number of phenolic OH excluding ortho intramolecular Hbond substituents is 2. The Morgan fingerprint density at radius 1 is 1.20 bits per heavy atom. The summed E-state index contributed by atoms with van der Waals surface area (Å²) in [7, 11) is 0. The predicted molar refractivity (Wildman–Crippen MR) is 74.9 cm³/mol. The number of aromatic hydroxyl groups is 2. The minimum absolute atomic E-state index is 0.0152. The second kappa shape index (κ2) is 5.48. The number of rotatable bonds is 4. The molecule has 6 heteroatoms. The van der Waals surface area contributed by atoms with Gasteiger partial charge in [0.2, 0.25) is 0 Å². The van der Waals surface area contributed by atoms with Crippen LogP contribution in [0.2, 0.25) is 0 Å². The Bertz CT molecular complexity index is 643. The van der Waals surface area contributed by atoms with Crippen LogP contribution in [0, 0.1) is 10.1 Å². The molecule has 0 heterocycles. The number of benzene rings is 2. The van der Waals surface area contributed by atoms with Gasteiger partial charge in [-0.25, -0.2) is 0 Å². The highest BCUT2D eigenvalue weighted by Gasteiger charge is 2.17. The summed E-state index contributed by atoms with van der Waals surface area (Å²) in [6, 6.07) is 10.0. The summed E-state index contributed by atoms with van der Waals surface area (Å²) in [6.07, 6.45) is 0. The molecule has 0 radical (unpaired) electrons. The molecule has 20 heavy (non-hydrogen) atoms. The van der Waals surface area contributed by atoms with E-state index in [9.17, 15) is 20.3 Å². The summed E-state index contributed by atoms with van der Waals surface area (Å²) in [6.45, 7) is 1.74. The number of nitro benzene ring substituents is 1. The third-order valence-electron chi connectivity index (χ3n) is 2.95. The smallest absolute Gasteiger partial charge is 0.292 e. The average Bonchev–Trinajstić information content (AvgIpc) is 2.41. The highest BCUT2D eigenvalue weighted by Crippen LogP contribution is 2.32. The van der Waals surface area contributed by atoms with Crippen LogP contribution in [0.4, 0.5) is 11.4 Å². The molecule has 3 N–H and O–H groups in total. The summed E-state index contributed by atoms with van der Waals surface area (Å²) in [5, 5.41) is 33.1. The van der Waals surface area contributed by atoms with E-state index in [4.69, 9.17) is 0 Å². The number of nitrogens with one attached hydrogen (secondary N) is 1. The summed E-state index contributed by atoms with van der Waals surface area (Å²) >= 11 is 0. The highest BCUT2D eigenvalue weighted by molar-refractivity contribution is 5.62. The van der Waals surface area contributed by atoms with Gasteiger partial charge in [-0.15, -0.1) is 0 Å². The molecular weight excluding hydrogens is 260 g/mol. The van der Waals surface area contributed by atoms with Crippen LogP contribution in [0.25, 0.3) is 0 Å². The molecule has 0 spiro atoms. The largest absolute Gasteiger partial charge is 0.508 e. The standard InChI is InChI=1S/C14H14N2O4/c1-9(11-8-10(17)6-7-14(11)18)15-12-4-2-3-5-13(12)16(19)20/h2-9,15,17-18H,1H3. The molecule has 1 atom stereocenters. The molecule has 0 aromatic heterocycles. The Balaban J connectivity index is 2.30. The number of hydrogen-bond acceptors (Lipinski definition) is 5. The van der Waals surface area contributed by atoms with Gasteiger partial charge in [0.25, 0.3) is 5.69 Å². The molecule has 2 rings (SSSR count). The first kappa shape index (κ1) is 13.7. The van der Waals surface area contributed by atoms with E-state index in [-0.39, 0.29) is 17.2 Å². The number of hydrogen-bond donors (Lipinski definition) is 3. The van der Waals surface area contributed by atoms with Crippen LogP contribution in [0.15, 0.2) is 42.5 Å². The molecule has 104 valence electrons. The Labute approximate surface area is 115 Å². The molecule has 0 amide bonds. The monoisotopic (exact) mass is 274 g/mol. The van der Waals surface area contributed by atoms with E-state index in [2.05, 4.69) is 5.32 Å². The maximum absolute atomic E-state index is 10.9. The van der Waals surface area contributed by atoms with Gasteiger partial charge in [0.15, 0.2) is 0 Å². The maximum atomic E-state index is 10.9.